The summed E-state index contributed by atoms with van der Waals surface area (Å²) >= 11 is 6.42. The lowest BCUT2D eigenvalue weighted by Gasteiger charge is -2.37. The number of fused-ring (bicyclic) bond motifs is 1. The molecular weight excluding hydrogens is 506 g/mol. The number of hydrogen-bond acceptors (Lipinski definition) is 10. The molecule has 0 saturated carbocycles. The minimum atomic E-state index is -2.24. The molecule has 5 rings (SSSR count). The zero-order chi connectivity index (χ0) is 26.3. The lowest BCUT2D eigenvalue weighted by Crippen LogP contribution is -2.61. The minimum Gasteiger partial charge on any atom is -0.481 e. The largest absolute Gasteiger partial charge is 0.481 e. The molecule has 192 valence electrons. The third-order valence-corrected chi connectivity index (χ3v) is 6.18. The third kappa shape index (κ3) is 4.43. The van der Waals surface area contributed by atoms with Crippen molar-refractivity contribution >= 4 is 51.7 Å². The van der Waals surface area contributed by atoms with E-state index in [1.54, 1.807) is 30.5 Å². The number of nitrogens with zero attached hydrogens (tertiary/aromatic N) is 5. The molecule has 1 unspecified atom stereocenters. The standard InChI is InChI=1S/C23H22ClN7O6/c1-23(34,22(33)27-12-3-4-14-16(9-12)37-29-19(14)25)18-21(32)30(7-8-36-18)20-15(24)11-31(28-20)13-5-6-26-17(10-13)35-2/h3-6,9-11,18,34H,7-8H2,1-2H3,(H2,25,29)(H,27,33)/t18-,23?/m0/s1. The molecule has 0 bridgehead atoms. The summed E-state index contributed by atoms with van der Waals surface area (Å²) in [6.45, 7) is 1.35. The Kier molecular flexibility index (Phi) is 6.19. The fourth-order valence-corrected chi connectivity index (χ4v) is 4.15. The normalized spacial score (nSPS) is 17.6. The van der Waals surface area contributed by atoms with Crippen molar-refractivity contribution in [1.29, 1.82) is 0 Å². The number of nitrogen functional groups attached to an aromatic ring is 1. The Morgan fingerprint density at radius 1 is 1.35 bits per heavy atom. The van der Waals surface area contributed by atoms with Gasteiger partial charge >= 0.3 is 0 Å². The summed E-state index contributed by atoms with van der Waals surface area (Å²) in [5, 5.41) is 22.5. The van der Waals surface area contributed by atoms with Crippen molar-refractivity contribution in [2.75, 3.05) is 36.2 Å². The second kappa shape index (κ2) is 9.35. The summed E-state index contributed by atoms with van der Waals surface area (Å²) in [6, 6.07) is 8.03. The summed E-state index contributed by atoms with van der Waals surface area (Å²) in [4.78, 5) is 31.8. The van der Waals surface area contributed by atoms with Gasteiger partial charge in [-0.25, -0.2) is 9.67 Å². The number of nitrogens with two attached hydrogens (primary N) is 1. The Morgan fingerprint density at radius 3 is 2.95 bits per heavy atom. The molecular formula is C23H22ClN7O6. The monoisotopic (exact) mass is 527 g/mol. The molecule has 1 aliphatic heterocycles. The lowest BCUT2D eigenvalue weighted by atomic mass is 9.95. The van der Waals surface area contributed by atoms with Crippen LogP contribution in [-0.4, -0.2) is 68.8 Å². The molecule has 0 spiro atoms. The number of halogens is 1. The van der Waals surface area contributed by atoms with Crippen molar-refractivity contribution in [2.24, 2.45) is 0 Å². The van der Waals surface area contributed by atoms with Crippen LogP contribution in [0, 0.1) is 0 Å². The molecule has 3 aromatic heterocycles. The molecule has 1 fully saturated rings. The second-order valence-corrected chi connectivity index (χ2v) is 8.83. The van der Waals surface area contributed by atoms with Crippen LogP contribution in [0.25, 0.3) is 16.7 Å². The first-order valence-corrected chi connectivity index (χ1v) is 11.4. The number of pyridine rings is 1. The SMILES string of the molecule is COc1cc(-n2cc(Cl)c(N3CCO[C@H](C(C)(O)C(=O)Nc4ccc5c(N)noc5c4)C3=O)n2)ccn1. The van der Waals surface area contributed by atoms with Crippen LogP contribution in [0.3, 0.4) is 0 Å². The highest BCUT2D eigenvalue weighted by Gasteiger charge is 2.49. The summed E-state index contributed by atoms with van der Waals surface area (Å²) < 4.78 is 17.3. The van der Waals surface area contributed by atoms with Gasteiger partial charge in [-0.15, -0.1) is 5.10 Å². The summed E-state index contributed by atoms with van der Waals surface area (Å²) in [6.07, 6.45) is 1.55. The van der Waals surface area contributed by atoms with E-state index in [1.807, 2.05) is 0 Å². The van der Waals surface area contributed by atoms with Crippen molar-refractivity contribution in [3.63, 3.8) is 0 Å². The number of aliphatic hydroxyl groups is 1. The van der Waals surface area contributed by atoms with Crippen molar-refractivity contribution in [3.05, 3.63) is 47.7 Å². The van der Waals surface area contributed by atoms with Crippen LogP contribution in [-0.2, 0) is 14.3 Å². The molecule has 0 radical (unpaired) electrons. The summed E-state index contributed by atoms with van der Waals surface area (Å²) in [7, 11) is 1.49. The first kappa shape index (κ1) is 24.5. The van der Waals surface area contributed by atoms with Gasteiger partial charge in [0.25, 0.3) is 11.8 Å². The minimum absolute atomic E-state index is 0.0371. The van der Waals surface area contributed by atoms with Gasteiger partial charge in [-0.05, 0) is 25.1 Å². The Balaban J connectivity index is 1.36. The quantitative estimate of drug-likeness (QED) is 0.335. The molecule has 13 nitrogen and oxygen atoms in total. The highest BCUT2D eigenvalue weighted by molar-refractivity contribution is 6.33. The van der Waals surface area contributed by atoms with Crippen LogP contribution in [0.15, 0.2) is 47.2 Å². The zero-order valence-electron chi connectivity index (χ0n) is 19.7. The molecule has 1 aliphatic rings. The molecule has 2 amide bonds. The third-order valence-electron chi connectivity index (χ3n) is 5.92. The number of anilines is 3. The average molecular weight is 528 g/mol. The van der Waals surface area contributed by atoms with E-state index in [4.69, 9.17) is 31.3 Å². The van der Waals surface area contributed by atoms with E-state index < -0.39 is 23.5 Å². The van der Waals surface area contributed by atoms with Crippen LogP contribution in [0.1, 0.15) is 6.92 Å². The van der Waals surface area contributed by atoms with Gasteiger partial charge < -0.3 is 30.2 Å². The number of morpholine rings is 1. The summed E-state index contributed by atoms with van der Waals surface area (Å²) in [5.74, 6) is -0.795. The average Bonchev–Trinajstić information content (AvgIpc) is 3.46. The molecule has 1 aromatic carbocycles. The highest BCUT2D eigenvalue weighted by atomic mass is 35.5. The van der Waals surface area contributed by atoms with Gasteiger partial charge in [-0.3, -0.25) is 14.5 Å². The van der Waals surface area contributed by atoms with Gasteiger partial charge in [-0.1, -0.05) is 16.8 Å². The number of rotatable bonds is 6. The number of hydrogen-bond donors (Lipinski definition) is 3. The van der Waals surface area contributed by atoms with E-state index in [9.17, 15) is 14.7 Å². The molecule has 2 atom stereocenters. The second-order valence-electron chi connectivity index (χ2n) is 8.42. The number of benzene rings is 1. The Morgan fingerprint density at radius 2 is 2.16 bits per heavy atom. The van der Waals surface area contributed by atoms with Gasteiger partial charge in [-0.2, -0.15) is 0 Å². The van der Waals surface area contributed by atoms with E-state index in [0.29, 0.717) is 28.2 Å². The van der Waals surface area contributed by atoms with Crippen LogP contribution in [0.2, 0.25) is 5.02 Å². The number of carbonyl (C=O) groups excluding carboxylic acids is 2. The van der Waals surface area contributed by atoms with Gasteiger partial charge in [0.1, 0.15) is 5.02 Å². The Bertz CT molecular complexity index is 1500. The summed E-state index contributed by atoms with van der Waals surface area (Å²) in [5.41, 5.74) is 4.74. The van der Waals surface area contributed by atoms with Crippen LogP contribution in [0.4, 0.5) is 17.3 Å². The highest BCUT2D eigenvalue weighted by Crippen LogP contribution is 2.31. The number of aromatic nitrogens is 4. The fourth-order valence-electron chi connectivity index (χ4n) is 3.92. The van der Waals surface area contributed by atoms with Crippen molar-refractivity contribution in [1.82, 2.24) is 19.9 Å². The molecule has 0 aliphatic carbocycles. The maximum absolute atomic E-state index is 13.4. The zero-order valence-corrected chi connectivity index (χ0v) is 20.5. The van der Waals surface area contributed by atoms with E-state index >= 15 is 0 Å². The molecule has 37 heavy (non-hydrogen) atoms. The van der Waals surface area contributed by atoms with Crippen molar-refractivity contribution in [3.8, 4) is 11.6 Å². The molecule has 4 aromatic rings. The van der Waals surface area contributed by atoms with Gasteiger partial charge in [0.2, 0.25) is 5.88 Å². The molecule has 14 heteroatoms. The first-order valence-electron chi connectivity index (χ1n) is 11.1. The Hall–Kier alpha value is -4.20. The number of amides is 2. The van der Waals surface area contributed by atoms with E-state index in [0.717, 1.165) is 0 Å². The molecule has 1 saturated heterocycles. The maximum atomic E-state index is 13.4. The smallest absolute Gasteiger partial charge is 0.261 e. The van der Waals surface area contributed by atoms with Crippen LogP contribution >= 0.6 is 11.6 Å². The van der Waals surface area contributed by atoms with Gasteiger partial charge in [0, 0.05) is 24.0 Å². The molecule has 4 N–H and O–H groups in total. The van der Waals surface area contributed by atoms with Gasteiger partial charge in [0.15, 0.2) is 28.9 Å². The van der Waals surface area contributed by atoms with Crippen molar-refractivity contribution in [2.45, 2.75) is 18.6 Å². The number of ether oxygens (including phenoxy) is 2. The van der Waals surface area contributed by atoms with Crippen molar-refractivity contribution < 1.29 is 28.7 Å². The number of carbonyl (C=O) groups is 2. The number of nitrogens with one attached hydrogen (secondary N) is 1. The van der Waals surface area contributed by atoms with E-state index in [-0.39, 0.29) is 29.8 Å². The predicted molar refractivity (Wildman–Crippen MR) is 133 cm³/mol. The lowest BCUT2D eigenvalue weighted by molar-refractivity contribution is -0.165. The molecule has 4 heterocycles. The first-order chi connectivity index (χ1) is 17.7. The van der Waals surface area contributed by atoms with Gasteiger partial charge in [0.05, 0.1) is 37.5 Å². The predicted octanol–water partition coefficient (Wildman–Crippen LogP) is 1.77. The maximum Gasteiger partial charge on any atom is 0.261 e. The number of methoxy groups -OCH3 is 1. The van der Waals surface area contributed by atoms with Crippen LogP contribution in [0.5, 0.6) is 5.88 Å². The Labute approximate surface area is 214 Å². The van der Waals surface area contributed by atoms with E-state index in [2.05, 4.69) is 20.6 Å². The topological polar surface area (TPSA) is 171 Å². The van der Waals surface area contributed by atoms with E-state index in [1.165, 1.54) is 35.9 Å². The fraction of sp³-hybridized carbons (Fsp3) is 0.261. The van der Waals surface area contributed by atoms with Crippen LogP contribution < -0.4 is 20.7 Å².